The lowest BCUT2D eigenvalue weighted by Gasteiger charge is -2.54. The van der Waals surface area contributed by atoms with Crippen LogP contribution in [-0.4, -0.2) is 40.2 Å². The van der Waals surface area contributed by atoms with Gasteiger partial charge in [-0.2, -0.15) is 0 Å². The van der Waals surface area contributed by atoms with Crippen LogP contribution in [0.4, 0.5) is 4.79 Å². The quantitative estimate of drug-likeness (QED) is 0.907. The molecule has 0 radical (unpaired) electrons. The fourth-order valence-corrected chi connectivity index (χ4v) is 3.93. The summed E-state index contributed by atoms with van der Waals surface area (Å²) in [5.74, 6) is 0.565. The molecule has 138 valence electrons. The number of nitrogens with zero attached hydrogens (tertiary/aromatic N) is 2. The van der Waals surface area contributed by atoms with Crippen molar-refractivity contribution >= 4 is 12.0 Å². The number of hydrogen-bond donors (Lipinski definition) is 1. The van der Waals surface area contributed by atoms with E-state index in [9.17, 15) is 9.59 Å². The van der Waals surface area contributed by atoms with Crippen molar-refractivity contribution in [2.45, 2.75) is 71.6 Å². The van der Waals surface area contributed by atoms with Crippen molar-refractivity contribution in [1.82, 2.24) is 15.4 Å². The van der Waals surface area contributed by atoms with E-state index in [4.69, 9.17) is 9.26 Å². The first-order chi connectivity index (χ1) is 11.7. The van der Waals surface area contributed by atoms with Gasteiger partial charge < -0.3 is 14.6 Å². The molecule has 1 atom stereocenters. The summed E-state index contributed by atoms with van der Waals surface area (Å²) in [5, 5.41) is 6.79. The van der Waals surface area contributed by atoms with E-state index >= 15 is 0 Å². The zero-order valence-electron chi connectivity index (χ0n) is 15.4. The molecule has 1 spiro atoms. The first-order valence-electron chi connectivity index (χ1n) is 8.90. The van der Waals surface area contributed by atoms with Gasteiger partial charge in [-0.15, -0.1) is 0 Å². The van der Waals surface area contributed by atoms with Crippen LogP contribution in [0.5, 0.6) is 0 Å². The predicted octanol–water partition coefficient (Wildman–Crippen LogP) is 2.78. The fourth-order valence-electron chi connectivity index (χ4n) is 3.93. The second kappa shape index (κ2) is 6.35. The van der Waals surface area contributed by atoms with E-state index in [-0.39, 0.29) is 11.3 Å². The fraction of sp³-hybridized carbons (Fsp3) is 0.722. The Balaban J connectivity index is 1.68. The first-order valence-corrected chi connectivity index (χ1v) is 8.90. The minimum absolute atomic E-state index is 0.0965. The van der Waals surface area contributed by atoms with Gasteiger partial charge in [-0.25, -0.2) is 4.79 Å². The number of carbonyl (C=O) groups excluding carboxylic acids is 2. The molecule has 2 amide bonds. The van der Waals surface area contributed by atoms with E-state index in [1.807, 2.05) is 27.7 Å². The topological polar surface area (TPSA) is 84.7 Å². The monoisotopic (exact) mass is 349 g/mol. The standard InChI is InChI=1S/C18H27N3O4/c1-12-9-13(20-25-12)10-19-15(22)14-18(7-5-6-8-18)11-21(14)16(23)24-17(2,3)4/h9,14H,5-8,10-11H2,1-4H3,(H,19,22). The molecule has 0 bridgehead atoms. The molecule has 25 heavy (non-hydrogen) atoms. The molecule has 1 N–H and O–H groups in total. The molecule has 3 rings (SSSR count). The smallest absolute Gasteiger partial charge is 0.411 e. The maximum absolute atomic E-state index is 12.8. The summed E-state index contributed by atoms with van der Waals surface area (Å²) in [6, 6.07) is 1.33. The molecule has 1 saturated heterocycles. The molecule has 2 heterocycles. The Bertz CT molecular complexity index is 656. The summed E-state index contributed by atoms with van der Waals surface area (Å²) in [4.78, 5) is 26.9. The number of carbonyl (C=O) groups is 2. The predicted molar refractivity (Wildman–Crippen MR) is 90.7 cm³/mol. The van der Waals surface area contributed by atoms with E-state index in [1.54, 1.807) is 11.0 Å². The minimum Gasteiger partial charge on any atom is -0.444 e. The van der Waals surface area contributed by atoms with Gasteiger partial charge in [0.25, 0.3) is 0 Å². The SMILES string of the molecule is Cc1cc(CNC(=O)C2N(C(=O)OC(C)(C)C)CC23CCCC3)no1. The Hall–Kier alpha value is -2.05. The molecule has 1 aliphatic heterocycles. The second-order valence-corrected chi connectivity index (χ2v) is 8.23. The lowest BCUT2D eigenvalue weighted by Crippen LogP contribution is -2.70. The van der Waals surface area contributed by atoms with E-state index in [2.05, 4.69) is 10.5 Å². The van der Waals surface area contributed by atoms with Crippen LogP contribution in [0.15, 0.2) is 10.6 Å². The highest BCUT2D eigenvalue weighted by atomic mass is 16.6. The highest BCUT2D eigenvalue weighted by Crippen LogP contribution is 2.51. The van der Waals surface area contributed by atoms with Crippen LogP contribution in [0, 0.1) is 12.3 Å². The average molecular weight is 349 g/mol. The minimum atomic E-state index is -0.575. The van der Waals surface area contributed by atoms with Gasteiger partial charge in [-0.1, -0.05) is 18.0 Å². The lowest BCUT2D eigenvalue weighted by atomic mass is 9.70. The number of aromatic nitrogens is 1. The van der Waals surface area contributed by atoms with Gasteiger partial charge in [0, 0.05) is 18.0 Å². The third-order valence-corrected chi connectivity index (χ3v) is 4.97. The number of amides is 2. The Kier molecular flexibility index (Phi) is 4.51. The van der Waals surface area contributed by atoms with Crippen LogP contribution in [0.25, 0.3) is 0 Å². The Morgan fingerprint density at radius 1 is 1.40 bits per heavy atom. The van der Waals surface area contributed by atoms with Crippen LogP contribution in [0.3, 0.4) is 0 Å². The van der Waals surface area contributed by atoms with Gasteiger partial charge in [-0.3, -0.25) is 9.69 Å². The molecule has 1 aromatic heterocycles. The van der Waals surface area contributed by atoms with Gasteiger partial charge in [0.15, 0.2) is 0 Å². The van der Waals surface area contributed by atoms with Crippen LogP contribution < -0.4 is 5.32 Å². The van der Waals surface area contributed by atoms with Gasteiger partial charge in [0.05, 0.1) is 6.54 Å². The van der Waals surface area contributed by atoms with Crippen molar-refractivity contribution in [2.75, 3.05) is 6.54 Å². The average Bonchev–Trinajstić information content (AvgIpc) is 3.11. The summed E-state index contributed by atoms with van der Waals surface area (Å²) in [7, 11) is 0. The van der Waals surface area contributed by atoms with Crippen molar-refractivity contribution in [3.63, 3.8) is 0 Å². The van der Waals surface area contributed by atoms with E-state index < -0.39 is 17.7 Å². The van der Waals surface area contributed by atoms with Crippen LogP contribution >= 0.6 is 0 Å². The Labute approximate surface area is 148 Å². The number of likely N-dealkylation sites (tertiary alicyclic amines) is 1. The molecule has 0 aromatic carbocycles. The Morgan fingerprint density at radius 3 is 2.64 bits per heavy atom. The van der Waals surface area contributed by atoms with Crippen molar-refractivity contribution < 1.29 is 18.8 Å². The number of ether oxygens (including phenoxy) is 1. The number of hydrogen-bond acceptors (Lipinski definition) is 5. The molecule has 1 saturated carbocycles. The van der Waals surface area contributed by atoms with Crippen molar-refractivity contribution in [3.8, 4) is 0 Å². The molecule has 1 unspecified atom stereocenters. The van der Waals surface area contributed by atoms with Crippen molar-refractivity contribution in [2.24, 2.45) is 5.41 Å². The zero-order valence-corrected chi connectivity index (χ0v) is 15.4. The largest absolute Gasteiger partial charge is 0.444 e. The number of aryl methyl sites for hydroxylation is 1. The number of nitrogens with one attached hydrogen (secondary N) is 1. The van der Waals surface area contributed by atoms with E-state index in [0.29, 0.717) is 24.5 Å². The zero-order chi connectivity index (χ0) is 18.2. The molecule has 2 aliphatic rings. The Morgan fingerprint density at radius 2 is 2.08 bits per heavy atom. The van der Waals surface area contributed by atoms with E-state index in [1.165, 1.54) is 0 Å². The molecule has 7 nitrogen and oxygen atoms in total. The van der Waals surface area contributed by atoms with Gasteiger partial charge in [0.1, 0.15) is 23.1 Å². The van der Waals surface area contributed by atoms with Gasteiger partial charge >= 0.3 is 6.09 Å². The maximum atomic E-state index is 12.8. The van der Waals surface area contributed by atoms with Gasteiger partial charge in [-0.05, 0) is 40.5 Å². The van der Waals surface area contributed by atoms with Crippen LogP contribution in [-0.2, 0) is 16.1 Å². The molecule has 1 aromatic rings. The summed E-state index contributed by atoms with van der Waals surface area (Å²) in [6.07, 6.45) is 3.76. The summed E-state index contributed by atoms with van der Waals surface area (Å²) < 4.78 is 10.5. The normalized spacial score (nSPS) is 21.9. The third kappa shape index (κ3) is 3.65. The summed E-state index contributed by atoms with van der Waals surface area (Å²) in [5.41, 5.74) is 0.00431. The van der Waals surface area contributed by atoms with Crippen LogP contribution in [0.1, 0.15) is 57.9 Å². The molecular formula is C18H27N3O4. The van der Waals surface area contributed by atoms with Crippen molar-refractivity contribution in [1.29, 1.82) is 0 Å². The molecule has 1 aliphatic carbocycles. The van der Waals surface area contributed by atoms with Crippen molar-refractivity contribution in [3.05, 3.63) is 17.5 Å². The maximum Gasteiger partial charge on any atom is 0.411 e. The molecule has 7 heteroatoms. The second-order valence-electron chi connectivity index (χ2n) is 8.23. The molecule has 2 fully saturated rings. The number of rotatable bonds is 3. The summed E-state index contributed by atoms with van der Waals surface area (Å²) in [6.45, 7) is 8.20. The highest BCUT2D eigenvalue weighted by Gasteiger charge is 2.59. The highest BCUT2D eigenvalue weighted by molar-refractivity contribution is 5.88. The molecular weight excluding hydrogens is 322 g/mol. The lowest BCUT2D eigenvalue weighted by molar-refractivity contribution is -0.145. The third-order valence-electron chi connectivity index (χ3n) is 4.97. The van der Waals surface area contributed by atoms with Gasteiger partial charge in [0.2, 0.25) is 5.91 Å². The van der Waals surface area contributed by atoms with E-state index in [0.717, 1.165) is 25.7 Å². The van der Waals surface area contributed by atoms with Crippen LogP contribution in [0.2, 0.25) is 0 Å². The summed E-state index contributed by atoms with van der Waals surface area (Å²) >= 11 is 0. The first kappa shape index (κ1) is 17.8.